The smallest absolute Gasteiger partial charge is 0.237 e. The molecule has 0 saturated carbocycles. The fourth-order valence-electron chi connectivity index (χ4n) is 3.49. The minimum absolute atomic E-state index is 0.313. The minimum atomic E-state index is 0.313. The highest BCUT2D eigenvalue weighted by Crippen LogP contribution is 2.35. The second-order valence-corrected chi connectivity index (χ2v) is 8.46. The van der Waals surface area contributed by atoms with Gasteiger partial charge in [-0.25, -0.2) is 4.99 Å². The van der Waals surface area contributed by atoms with Crippen molar-refractivity contribution in [2.24, 2.45) is 4.99 Å². The highest BCUT2D eigenvalue weighted by Gasteiger charge is 2.15. The number of methoxy groups -OCH3 is 1. The SMILES string of the molecule is COc1cc(C=Nc2oc(C)c(C)c2C#N)cc(I)c1OCc1cccc2ccccc12. The van der Waals surface area contributed by atoms with E-state index in [0.717, 1.165) is 20.3 Å². The van der Waals surface area contributed by atoms with E-state index in [1.54, 1.807) is 13.3 Å². The second-order valence-electron chi connectivity index (χ2n) is 7.29. The Balaban J connectivity index is 1.60. The summed E-state index contributed by atoms with van der Waals surface area (Å²) in [6, 6.07) is 20.4. The zero-order valence-corrected chi connectivity index (χ0v) is 20.1. The first-order valence-corrected chi connectivity index (χ1v) is 11.1. The standard InChI is InChI=1S/C26H21IN2O3/c1-16-17(2)32-26(22(16)13-28)29-14-18-11-23(27)25(24(12-18)30-3)31-15-20-9-6-8-19-7-4-5-10-21(19)20/h4-12,14H,15H2,1-3H3. The van der Waals surface area contributed by atoms with Crippen molar-refractivity contribution in [3.8, 4) is 17.6 Å². The first kappa shape index (κ1) is 21.9. The average Bonchev–Trinajstić information content (AvgIpc) is 3.09. The van der Waals surface area contributed by atoms with Gasteiger partial charge in [0.1, 0.15) is 24.0 Å². The molecule has 0 aliphatic carbocycles. The van der Waals surface area contributed by atoms with Crippen molar-refractivity contribution in [2.75, 3.05) is 7.11 Å². The predicted octanol–water partition coefficient (Wildman–Crippen LogP) is 6.86. The van der Waals surface area contributed by atoms with Gasteiger partial charge in [-0.1, -0.05) is 42.5 Å². The molecule has 3 aromatic carbocycles. The molecule has 1 heterocycles. The fraction of sp³-hybridized carbons (Fsp3) is 0.154. The molecule has 0 N–H and O–H groups in total. The van der Waals surface area contributed by atoms with Gasteiger partial charge in [-0.15, -0.1) is 0 Å². The molecule has 1 aromatic heterocycles. The number of nitrogens with zero attached hydrogens (tertiary/aromatic N) is 2. The van der Waals surface area contributed by atoms with Gasteiger partial charge in [0.05, 0.1) is 10.7 Å². The summed E-state index contributed by atoms with van der Waals surface area (Å²) < 4.78 is 18.3. The van der Waals surface area contributed by atoms with Crippen LogP contribution in [0.4, 0.5) is 5.88 Å². The van der Waals surface area contributed by atoms with Crippen LogP contribution in [-0.2, 0) is 6.61 Å². The lowest BCUT2D eigenvalue weighted by Crippen LogP contribution is -2.01. The quantitative estimate of drug-likeness (QED) is 0.199. The first-order chi connectivity index (χ1) is 15.5. The topological polar surface area (TPSA) is 67.8 Å². The first-order valence-electron chi connectivity index (χ1n) is 10.0. The van der Waals surface area contributed by atoms with Crippen LogP contribution in [0, 0.1) is 28.7 Å². The number of furan rings is 1. The molecule has 6 heteroatoms. The predicted molar refractivity (Wildman–Crippen MR) is 134 cm³/mol. The Hall–Kier alpha value is -3.31. The van der Waals surface area contributed by atoms with Crippen molar-refractivity contribution in [1.29, 1.82) is 5.26 Å². The van der Waals surface area contributed by atoms with E-state index in [2.05, 4.69) is 57.9 Å². The van der Waals surface area contributed by atoms with Gasteiger partial charge in [0.15, 0.2) is 11.5 Å². The lowest BCUT2D eigenvalue weighted by Gasteiger charge is -2.14. The number of aliphatic imine (C=N–C) groups is 1. The van der Waals surface area contributed by atoms with Crippen LogP contribution in [0.5, 0.6) is 11.5 Å². The van der Waals surface area contributed by atoms with Gasteiger partial charge in [-0.2, -0.15) is 5.26 Å². The molecule has 0 amide bonds. The van der Waals surface area contributed by atoms with Crippen LogP contribution in [0.2, 0.25) is 0 Å². The van der Waals surface area contributed by atoms with Crippen molar-refractivity contribution in [1.82, 2.24) is 0 Å². The molecular formula is C26H21IN2O3. The Bertz CT molecular complexity index is 1360. The molecule has 0 saturated heterocycles. The van der Waals surface area contributed by atoms with E-state index in [1.807, 2.05) is 44.2 Å². The summed E-state index contributed by atoms with van der Waals surface area (Å²) in [6.45, 7) is 4.10. The van der Waals surface area contributed by atoms with E-state index < -0.39 is 0 Å². The van der Waals surface area contributed by atoms with Crippen LogP contribution in [0.15, 0.2) is 64.0 Å². The third-order valence-corrected chi connectivity index (χ3v) is 6.11. The third kappa shape index (κ3) is 4.34. The Kier molecular flexibility index (Phi) is 6.47. The Morgan fingerprint density at radius 1 is 1.12 bits per heavy atom. The highest BCUT2D eigenvalue weighted by atomic mass is 127. The van der Waals surface area contributed by atoms with Crippen LogP contribution in [0.1, 0.15) is 28.0 Å². The number of rotatable bonds is 6. The van der Waals surface area contributed by atoms with Crippen molar-refractivity contribution < 1.29 is 13.9 Å². The molecule has 160 valence electrons. The van der Waals surface area contributed by atoms with Crippen LogP contribution in [0.25, 0.3) is 10.8 Å². The molecule has 0 fully saturated rings. The van der Waals surface area contributed by atoms with E-state index in [-0.39, 0.29) is 0 Å². The summed E-state index contributed by atoms with van der Waals surface area (Å²) in [6.07, 6.45) is 1.66. The molecule has 0 aliphatic rings. The van der Waals surface area contributed by atoms with Gasteiger partial charge < -0.3 is 13.9 Å². The van der Waals surface area contributed by atoms with Crippen LogP contribution >= 0.6 is 22.6 Å². The molecular weight excluding hydrogens is 515 g/mol. The molecule has 5 nitrogen and oxygen atoms in total. The number of hydrogen-bond acceptors (Lipinski definition) is 5. The normalized spacial score (nSPS) is 11.1. The molecule has 0 bridgehead atoms. The van der Waals surface area contributed by atoms with Crippen molar-refractivity contribution in [2.45, 2.75) is 20.5 Å². The van der Waals surface area contributed by atoms with Gasteiger partial charge in [0.2, 0.25) is 5.88 Å². The molecule has 0 spiro atoms. The lowest BCUT2D eigenvalue weighted by atomic mass is 10.1. The van der Waals surface area contributed by atoms with Crippen LogP contribution < -0.4 is 9.47 Å². The Morgan fingerprint density at radius 2 is 1.91 bits per heavy atom. The molecule has 0 unspecified atom stereocenters. The van der Waals surface area contributed by atoms with Crippen molar-refractivity contribution in [3.63, 3.8) is 0 Å². The summed E-state index contributed by atoms with van der Waals surface area (Å²) in [5, 5.41) is 11.7. The van der Waals surface area contributed by atoms with Gasteiger partial charge in [0.25, 0.3) is 0 Å². The Morgan fingerprint density at radius 3 is 2.69 bits per heavy atom. The summed E-state index contributed by atoms with van der Waals surface area (Å²) in [5.74, 6) is 2.30. The van der Waals surface area contributed by atoms with E-state index in [4.69, 9.17) is 13.9 Å². The number of ether oxygens (including phenoxy) is 2. The summed E-state index contributed by atoms with van der Waals surface area (Å²) in [4.78, 5) is 4.39. The van der Waals surface area contributed by atoms with E-state index in [9.17, 15) is 5.26 Å². The van der Waals surface area contributed by atoms with Crippen molar-refractivity contribution in [3.05, 3.63) is 86.2 Å². The summed E-state index contributed by atoms with van der Waals surface area (Å²) in [7, 11) is 1.62. The zero-order valence-electron chi connectivity index (χ0n) is 18.0. The maximum Gasteiger partial charge on any atom is 0.237 e. The lowest BCUT2D eigenvalue weighted by molar-refractivity contribution is 0.283. The fourth-order valence-corrected chi connectivity index (χ4v) is 4.27. The molecule has 0 aliphatic heterocycles. The number of halogens is 1. The molecule has 32 heavy (non-hydrogen) atoms. The van der Waals surface area contributed by atoms with Gasteiger partial charge in [-0.3, -0.25) is 0 Å². The van der Waals surface area contributed by atoms with Gasteiger partial charge in [0, 0.05) is 11.8 Å². The average molecular weight is 536 g/mol. The van der Waals surface area contributed by atoms with Crippen LogP contribution in [-0.4, -0.2) is 13.3 Å². The maximum absolute atomic E-state index is 9.37. The largest absolute Gasteiger partial charge is 0.493 e. The van der Waals surface area contributed by atoms with Crippen molar-refractivity contribution >= 4 is 45.5 Å². The number of aryl methyl sites for hydroxylation is 1. The summed E-state index contributed by atoms with van der Waals surface area (Å²) >= 11 is 2.23. The number of benzene rings is 3. The number of hydrogen-bond donors (Lipinski definition) is 0. The maximum atomic E-state index is 9.37. The Labute approximate surface area is 200 Å². The number of fused-ring (bicyclic) bond motifs is 1. The zero-order chi connectivity index (χ0) is 22.7. The highest BCUT2D eigenvalue weighted by molar-refractivity contribution is 14.1. The number of nitriles is 1. The van der Waals surface area contributed by atoms with E-state index in [0.29, 0.717) is 35.3 Å². The second kappa shape index (κ2) is 9.45. The monoisotopic (exact) mass is 536 g/mol. The van der Waals surface area contributed by atoms with E-state index in [1.165, 1.54) is 10.8 Å². The molecule has 0 atom stereocenters. The van der Waals surface area contributed by atoms with Gasteiger partial charge >= 0.3 is 0 Å². The molecule has 0 radical (unpaired) electrons. The molecule has 4 aromatic rings. The van der Waals surface area contributed by atoms with Crippen LogP contribution in [0.3, 0.4) is 0 Å². The molecule has 4 rings (SSSR count). The van der Waals surface area contributed by atoms with E-state index >= 15 is 0 Å². The third-order valence-electron chi connectivity index (χ3n) is 5.31. The van der Waals surface area contributed by atoms with Gasteiger partial charge in [-0.05, 0) is 70.5 Å². The summed E-state index contributed by atoms with van der Waals surface area (Å²) in [5.41, 5.74) is 3.19. The minimum Gasteiger partial charge on any atom is -0.493 e.